The number of ketones is 1. The van der Waals surface area contributed by atoms with Gasteiger partial charge in [0.1, 0.15) is 0 Å². The lowest BCUT2D eigenvalue weighted by Crippen LogP contribution is -2.35. The first-order valence-electron chi connectivity index (χ1n) is 6.51. The van der Waals surface area contributed by atoms with E-state index in [9.17, 15) is 14.4 Å². The molecule has 1 aliphatic carbocycles. The second kappa shape index (κ2) is 4.90. The van der Waals surface area contributed by atoms with Gasteiger partial charge in [-0.05, 0) is 31.0 Å². The number of Topliss-reactive ketones (excluding diaryl/α,β-unsaturated/α-hetero) is 1. The Labute approximate surface area is 120 Å². The first-order chi connectivity index (χ1) is 9.56. The van der Waals surface area contributed by atoms with Gasteiger partial charge in [-0.15, -0.1) is 0 Å². The molecule has 104 valence electrons. The van der Waals surface area contributed by atoms with Crippen LogP contribution < -0.4 is 10.2 Å². The number of hydrogen-bond acceptors (Lipinski definition) is 3. The van der Waals surface area contributed by atoms with Crippen molar-refractivity contribution in [2.75, 3.05) is 11.4 Å². The highest BCUT2D eigenvalue weighted by atomic mass is 35.5. The Balaban J connectivity index is 1.73. The van der Waals surface area contributed by atoms with Crippen LogP contribution in [0.5, 0.6) is 0 Å². The molecule has 0 unspecified atom stereocenters. The maximum Gasteiger partial charge on any atom is 0.299 e. The van der Waals surface area contributed by atoms with Gasteiger partial charge in [-0.1, -0.05) is 11.6 Å². The normalized spacial score (nSPS) is 17.4. The van der Waals surface area contributed by atoms with Gasteiger partial charge in [0.15, 0.2) is 0 Å². The zero-order valence-electron chi connectivity index (χ0n) is 10.7. The van der Waals surface area contributed by atoms with Gasteiger partial charge < -0.3 is 10.2 Å². The first-order valence-corrected chi connectivity index (χ1v) is 6.89. The van der Waals surface area contributed by atoms with Gasteiger partial charge in [0.05, 0.1) is 11.3 Å². The summed E-state index contributed by atoms with van der Waals surface area (Å²) in [5, 5.41) is 3.31. The lowest BCUT2D eigenvalue weighted by Gasteiger charge is -2.16. The number of anilines is 1. The highest BCUT2D eigenvalue weighted by Gasteiger charge is 2.36. The van der Waals surface area contributed by atoms with Crippen LogP contribution in [0.1, 0.15) is 29.6 Å². The van der Waals surface area contributed by atoms with E-state index in [0.29, 0.717) is 22.3 Å². The van der Waals surface area contributed by atoms with E-state index in [-0.39, 0.29) is 18.9 Å². The van der Waals surface area contributed by atoms with E-state index in [1.54, 1.807) is 18.2 Å². The molecule has 1 aromatic carbocycles. The molecular formula is C14H13ClN2O3. The Morgan fingerprint density at radius 2 is 2.10 bits per heavy atom. The second-order valence-corrected chi connectivity index (χ2v) is 5.48. The minimum atomic E-state index is -0.596. The molecule has 3 rings (SSSR count). The van der Waals surface area contributed by atoms with E-state index in [0.717, 1.165) is 12.8 Å². The van der Waals surface area contributed by atoms with Crippen molar-refractivity contribution < 1.29 is 14.4 Å². The number of hydrogen-bond donors (Lipinski definition) is 1. The number of halogens is 1. The number of carbonyl (C=O) groups is 3. The van der Waals surface area contributed by atoms with Crippen LogP contribution in [0.2, 0.25) is 5.02 Å². The second-order valence-electron chi connectivity index (χ2n) is 5.04. The Bertz CT molecular complexity index is 610. The van der Waals surface area contributed by atoms with Crippen molar-refractivity contribution in [3.63, 3.8) is 0 Å². The third-order valence-electron chi connectivity index (χ3n) is 3.44. The number of carbonyl (C=O) groups excluding carboxylic acids is 3. The molecule has 1 aromatic rings. The maximum atomic E-state index is 11.9. The Kier molecular flexibility index (Phi) is 3.22. The van der Waals surface area contributed by atoms with Crippen LogP contribution in [0.25, 0.3) is 0 Å². The van der Waals surface area contributed by atoms with Crippen molar-refractivity contribution in [2.24, 2.45) is 0 Å². The fraction of sp³-hybridized carbons (Fsp3) is 0.357. The molecule has 2 aliphatic rings. The molecule has 0 atom stereocenters. The number of benzene rings is 1. The third kappa shape index (κ3) is 2.41. The molecule has 6 heteroatoms. The molecule has 20 heavy (non-hydrogen) atoms. The van der Waals surface area contributed by atoms with E-state index >= 15 is 0 Å². The molecule has 2 amide bonds. The number of fused-ring (bicyclic) bond motifs is 1. The first kappa shape index (κ1) is 13.1. The van der Waals surface area contributed by atoms with Crippen LogP contribution >= 0.6 is 11.6 Å². The number of rotatable bonds is 4. The van der Waals surface area contributed by atoms with Crippen LogP contribution in [0.3, 0.4) is 0 Å². The fourth-order valence-corrected chi connectivity index (χ4v) is 2.40. The fourth-order valence-electron chi connectivity index (χ4n) is 2.23. The van der Waals surface area contributed by atoms with E-state index in [4.69, 9.17) is 11.6 Å². The molecule has 0 aromatic heterocycles. The van der Waals surface area contributed by atoms with Crippen molar-refractivity contribution >= 4 is 34.9 Å². The molecule has 1 fully saturated rings. The van der Waals surface area contributed by atoms with Gasteiger partial charge in [-0.2, -0.15) is 0 Å². The monoisotopic (exact) mass is 292 g/mol. The SMILES string of the molecule is O=C(CCN1C(=O)C(=O)c2ccc(Cl)cc21)NC1CC1. The van der Waals surface area contributed by atoms with Crippen LogP contribution in [-0.4, -0.2) is 30.2 Å². The summed E-state index contributed by atoms with van der Waals surface area (Å²) in [7, 11) is 0. The largest absolute Gasteiger partial charge is 0.353 e. The van der Waals surface area contributed by atoms with Gasteiger partial charge >= 0.3 is 0 Å². The summed E-state index contributed by atoms with van der Waals surface area (Å²) in [5.74, 6) is -1.23. The summed E-state index contributed by atoms with van der Waals surface area (Å²) in [6, 6.07) is 5.00. The smallest absolute Gasteiger partial charge is 0.299 e. The Morgan fingerprint density at radius 3 is 2.80 bits per heavy atom. The number of nitrogens with zero attached hydrogens (tertiary/aromatic N) is 1. The Hall–Kier alpha value is -1.88. The molecule has 5 nitrogen and oxygen atoms in total. The predicted octanol–water partition coefficient (Wildman–Crippen LogP) is 1.54. The summed E-state index contributed by atoms with van der Waals surface area (Å²) < 4.78 is 0. The zero-order valence-corrected chi connectivity index (χ0v) is 11.4. The molecular weight excluding hydrogens is 280 g/mol. The molecule has 0 saturated heterocycles. The van der Waals surface area contributed by atoms with Crippen LogP contribution in [0, 0.1) is 0 Å². The number of amides is 2. The Morgan fingerprint density at radius 1 is 1.35 bits per heavy atom. The van der Waals surface area contributed by atoms with Gasteiger partial charge in [-0.25, -0.2) is 0 Å². The minimum absolute atomic E-state index is 0.0942. The van der Waals surface area contributed by atoms with Crippen LogP contribution in [0.15, 0.2) is 18.2 Å². The lowest BCUT2D eigenvalue weighted by atomic mass is 10.1. The van der Waals surface area contributed by atoms with E-state index in [1.807, 2.05) is 0 Å². The molecule has 1 aliphatic heterocycles. The minimum Gasteiger partial charge on any atom is -0.353 e. The molecule has 1 heterocycles. The predicted molar refractivity (Wildman–Crippen MR) is 73.9 cm³/mol. The standard InChI is InChI=1S/C14H13ClN2O3/c15-8-1-4-10-11(7-8)17(14(20)13(10)19)6-5-12(18)16-9-2-3-9/h1,4,7,9H,2-3,5-6H2,(H,16,18). The quantitative estimate of drug-likeness (QED) is 0.856. The van der Waals surface area contributed by atoms with Crippen LogP contribution in [0.4, 0.5) is 5.69 Å². The molecule has 0 spiro atoms. The van der Waals surface area contributed by atoms with Crippen molar-refractivity contribution in [3.05, 3.63) is 28.8 Å². The highest BCUT2D eigenvalue weighted by molar-refractivity contribution is 6.52. The zero-order chi connectivity index (χ0) is 14.3. The summed E-state index contributed by atoms with van der Waals surface area (Å²) in [6.07, 6.45) is 2.22. The van der Waals surface area contributed by atoms with E-state index in [1.165, 1.54) is 4.90 Å². The third-order valence-corrected chi connectivity index (χ3v) is 3.67. The average molecular weight is 293 g/mol. The molecule has 1 saturated carbocycles. The highest BCUT2D eigenvalue weighted by Crippen LogP contribution is 2.31. The van der Waals surface area contributed by atoms with E-state index < -0.39 is 11.7 Å². The summed E-state index contributed by atoms with van der Waals surface area (Å²) in [5.41, 5.74) is 0.841. The van der Waals surface area contributed by atoms with Gasteiger partial charge in [0.2, 0.25) is 5.91 Å². The summed E-state index contributed by atoms with van der Waals surface area (Å²) in [6.45, 7) is 0.191. The van der Waals surface area contributed by atoms with Crippen molar-refractivity contribution in [3.8, 4) is 0 Å². The van der Waals surface area contributed by atoms with Crippen molar-refractivity contribution in [1.82, 2.24) is 5.32 Å². The van der Waals surface area contributed by atoms with Gasteiger partial charge in [-0.3, -0.25) is 14.4 Å². The number of nitrogens with one attached hydrogen (secondary N) is 1. The molecule has 0 radical (unpaired) electrons. The maximum absolute atomic E-state index is 11.9. The van der Waals surface area contributed by atoms with E-state index in [2.05, 4.69) is 5.32 Å². The topological polar surface area (TPSA) is 66.5 Å². The summed E-state index contributed by atoms with van der Waals surface area (Å²) in [4.78, 5) is 36.7. The van der Waals surface area contributed by atoms with Crippen LogP contribution in [-0.2, 0) is 9.59 Å². The van der Waals surface area contributed by atoms with Crippen molar-refractivity contribution in [1.29, 1.82) is 0 Å². The van der Waals surface area contributed by atoms with Gasteiger partial charge in [0, 0.05) is 24.0 Å². The average Bonchev–Trinajstić information content (AvgIpc) is 3.18. The lowest BCUT2D eigenvalue weighted by molar-refractivity contribution is -0.121. The molecule has 1 N–H and O–H groups in total. The molecule has 0 bridgehead atoms. The summed E-state index contributed by atoms with van der Waals surface area (Å²) >= 11 is 5.90. The van der Waals surface area contributed by atoms with Crippen molar-refractivity contribution in [2.45, 2.75) is 25.3 Å². The van der Waals surface area contributed by atoms with Gasteiger partial charge in [0.25, 0.3) is 11.7 Å².